The first kappa shape index (κ1) is 16.6. The predicted octanol–water partition coefficient (Wildman–Crippen LogP) is 3.53. The summed E-state index contributed by atoms with van der Waals surface area (Å²) in [4.78, 5) is 3.32. The van der Waals surface area contributed by atoms with Crippen LogP contribution in [-0.2, 0) is 17.7 Å². The van der Waals surface area contributed by atoms with Gasteiger partial charge in [0.2, 0.25) is 0 Å². The van der Waals surface area contributed by atoms with Gasteiger partial charge >= 0.3 is 0 Å². The third kappa shape index (κ3) is 4.37. The molecule has 2 N–H and O–H groups in total. The van der Waals surface area contributed by atoms with Crippen molar-refractivity contribution in [1.29, 1.82) is 0 Å². The van der Waals surface area contributed by atoms with Crippen molar-refractivity contribution in [3.05, 3.63) is 65.9 Å². The molecule has 0 amide bonds. The molecule has 0 aliphatic heterocycles. The average molecular weight is 324 g/mol. The summed E-state index contributed by atoms with van der Waals surface area (Å²) in [6.07, 6.45) is 3.13. The summed E-state index contributed by atoms with van der Waals surface area (Å²) in [6.45, 7) is 3.00. The molecule has 0 fully saturated rings. The molecule has 126 valence electrons. The first-order chi connectivity index (χ1) is 11.9. The van der Waals surface area contributed by atoms with Crippen LogP contribution >= 0.6 is 0 Å². The Bertz CT molecular complexity index is 750. The Morgan fingerprint density at radius 3 is 2.67 bits per heavy atom. The third-order valence-corrected chi connectivity index (χ3v) is 4.05. The van der Waals surface area contributed by atoms with Crippen molar-refractivity contribution >= 4 is 10.9 Å². The van der Waals surface area contributed by atoms with E-state index in [1.165, 1.54) is 22.0 Å². The van der Waals surface area contributed by atoms with E-state index in [0.29, 0.717) is 13.2 Å². The molecule has 0 bridgehead atoms. The molecule has 0 atom stereocenters. The van der Waals surface area contributed by atoms with Gasteiger partial charge in [-0.15, -0.1) is 0 Å². The van der Waals surface area contributed by atoms with Crippen LogP contribution in [0.1, 0.15) is 11.1 Å². The topological polar surface area (TPSA) is 46.3 Å². The van der Waals surface area contributed by atoms with E-state index in [0.717, 1.165) is 25.3 Å². The standard InChI is InChI=1S/C20H24N2O2/c1-23-12-13-24-18-8-6-16(7-9-18)14-21-11-10-17-15-22-20-5-3-2-4-19(17)20/h2-9,15,21-22H,10-14H2,1H3. The summed E-state index contributed by atoms with van der Waals surface area (Å²) in [5.74, 6) is 0.884. The lowest BCUT2D eigenvalue weighted by molar-refractivity contribution is 0.146. The SMILES string of the molecule is COCCOc1ccc(CNCCc2c[nH]c3ccccc23)cc1. The fraction of sp³-hybridized carbons (Fsp3) is 0.300. The molecule has 0 aliphatic carbocycles. The van der Waals surface area contributed by atoms with E-state index in [2.05, 4.69) is 52.9 Å². The Hall–Kier alpha value is -2.30. The number of hydrogen-bond acceptors (Lipinski definition) is 3. The van der Waals surface area contributed by atoms with Gasteiger partial charge in [-0.25, -0.2) is 0 Å². The zero-order valence-electron chi connectivity index (χ0n) is 14.0. The average Bonchev–Trinajstić information content (AvgIpc) is 3.03. The van der Waals surface area contributed by atoms with E-state index in [-0.39, 0.29) is 0 Å². The van der Waals surface area contributed by atoms with Crippen LogP contribution in [0.2, 0.25) is 0 Å². The molecule has 4 nitrogen and oxygen atoms in total. The Morgan fingerprint density at radius 1 is 1.00 bits per heavy atom. The number of fused-ring (bicyclic) bond motifs is 1. The molecule has 2 aromatic carbocycles. The molecule has 1 heterocycles. The molecule has 1 aromatic heterocycles. The molecular weight excluding hydrogens is 300 g/mol. The monoisotopic (exact) mass is 324 g/mol. The second-order valence-corrected chi connectivity index (χ2v) is 5.77. The maximum Gasteiger partial charge on any atom is 0.119 e. The zero-order valence-corrected chi connectivity index (χ0v) is 14.0. The molecular formula is C20H24N2O2. The smallest absolute Gasteiger partial charge is 0.119 e. The normalized spacial score (nSPS) is 11.0. The van der Waals surface area contributed by atoms with Gasteiger partial charge in [0.05, 0.1) is 6.61 Å². The number of hydrogen-bond donors (Lipinski definition) is 2. The summed E-state index contributed by atoms with van der Waals surface area (Å²) in [7, 11) is 1.68. The highest BCUT2D eigenvalue weighted by molar-refractivity contribution is 5.83. The van der Waals surface area contributed by atoms with E-state index in [1.807, 2.05) is 12.1 Å². The fourth-order valence-corrected chi connectivity index (χ4v) is 2.74. The molecule has 0 spiro atoms. The number of rotatable bonds is 9. The van der Waals surface area contributed by atoms with Crippen LogP contribution < -0.4 is 10.1 Å². The van der Waals surface area contributed by atoms with Crippen molar-refractivity contribution in [2.75, 3.05) is 26.9 Å². The van der Waals surface area contributed by atoms with Gasteiger partial charge in [-0.05, 0) is 42.3 Å². The highest BCUT2D eigenvalue weighted by Crippen LogP contribution is 2.17. The van der Waals surface area contributed by atoms with Crippen molar-refractivity contribution in [1.82, 2.24) is 10.3 Å². The van der Waals surface area contributed by atoms with Gasteiger partial charge in [0.1, 0.15) is 12.4 Å². The summed E-state index contributed by atoms with van der Waals surface area (Å²) < 4.78 is 10.5. The molecule has 3 rings (SSSR count). The van der Waals surface area contributed by atoms with Crippen molar-refractivity contribution < 1.29 is 9.47 Å². The lowest BCUT2D eigenvalue weighted by Gasteiger charge is -2.08. The van der Waals surface area contributed by atoms with Crippen LogP contribution in [0.3, 0.4) is 0 Å². The van der Waals surface area contributed by atoms with Gasteiger partial charge in [-0.3, -0.25) is 0 Å². The minimum Gasteiger partial charge on any atom is -0.491 e. The molecule has 4 heteroatoms. The summed E-state index contributed by atoms with van der Waals surface area (Å²) in [5, 5.41) is 4.82. The van der Waals surface area contributed by atoms with Crippen LogP contribution in [0.15, 0.2) is 54.7 Å². The van der Waals surface area contributed by atoms with Crippen LogP contribution in [0.4, 0.5) is 0 Å². The summed E-state index contributed by atoms with van der Waals surface area (Å²) >= 11 is 0. The quantitative estimate of drug-likeness (QED) is 0.592. The van der Waals surface area contributed by atoms with Crippen molar-refractivity contribution in [2.24, 2.45) is 0 Å². The molecule has 3 aromatic rings. The molecule has 24 heavy (non-hydrogen) atoms. The van der Waals surface area contributed by atoms with Gasteiger partial charge < -0.3 is 19.8 Å². The predicted molar refractivity (Wildman–Crippen MR) is 97.5 cm³/mol. The van der Waals surface area contributed by atoms with E-state index in [1.54, 1.807) is 7.11 Å². The third-order valence-electron chi connectivity index (χ3n) is 4.05. The van der Waals surface area contributed by atoms with Gasteiger partial charge in [0, 0.05) is 30.8 Å². The highest BCUT2D eigenvalue weighted by atomic mass is 16.5. The Kier molecular flexibility index (Phi) is 5.88. The number of aromatic amines is 1. The van der Waals surface area contributed by atoms with Crippen molar-refractivity contribution in [2.45, 2.75) is 13.0 Å². The van der Waals surface area contributed by atoms with Gasteiger partial charge in [-0.1, -0.05) is 30.3 Å². The summed E-state index contributed by atoms with van der Waals surface area (Å²) in [5.41, 5.74) is 3.82. The number of methoxy groups -OCH3 is 1. The van der Waals surface area contributed by atoms with E-state index in [9.17, 15) is 0 Å². The van der Waals surface area contributed by atoms with Gasteiger partial charge in [-0.2, -0.15) is 0 Å². The number of nitrogens with one attached hydrogen (secondary N) is 2. The molecule has 0 aliphatic rings. The highest BCUT2D eigenvalue weighted by Gasteiger charge is 2.02. The number of H-pyrrole nitrogens is 1. The fourth-order valence-electron chi connectivity index (χ4n) is 2.74. The zero-order chi connectivity index (χ0) is 16.6. The van der Waals surface area contributed by atoms with Crippen molar-refractivity contribution in [3.8, 4) is 5.75 Å². The van der Waals surface area contributed by atoms with Crippen molar-refractivity contribution in [3.63, 3.8) is 0 Å². The molecule has 0 saturated carbocycles. The molecule has 0 radical (unpaired) electrons. The first-order valence-corrected chi connectivity index (χ1v) is 8.33. The maximum atomic E-state index is 5.57. The molecule has 0 unspecified atom stereocenters. The lowest BCUT2D eigenvalue weighted by atomic mass is 10.1. The van der Waals surface area contributed by atoms with Crippen LogP contribution in [0, 0.1) is 0 Å². The first-order valence-electron chi connectivity index (χ1n) is 8.33. The number of ether oxygens (including phenoxy) is 2. The lowest BCUT2D eigenvalue weighted by Crippen LogP contribution is -2.16. The van der Waals surface area contributed by atoms with Gasteiger partial charge in [0.15, 0.2) is 0 Å². The maximum absolute atomic E-state index is 5.57. The van der Waals surface area contributed by atoms with E-state index in [4.69, 9.17) is 9.47 Å². The number of para-hydroxylation sites is 1. The number of benzene rings is 2. The minimum atomic E-state index is 0.582. The Balaban J connectivity index is 1.43. The summed E-state index contributed by atoms with van der Waals surface area (Å²) in [6, 6.07) is 16.6. The van der Waals surface area contributed by atoms with E-state index >= 15 is 0 Å². The minimum absolute atomic E-state index is 0.582. The largest absolute Gasteiger partial charge is 0.491 e. The second kappa shape index (κ2) is 8.52. The van der Waals surface area contributed by atoms with E-state index < -0.39 is 0 Å². The van der Waals surface area contributed by atoms with Crippen LogP contribution in [0.5, 0.6) is 5.75 Å². The molecule has 0 saturated heterocycles. The number of aromatic nitrogens is 1. The Labute approximate surface area is 142 Å². The van der Waals surface area contributed by atoms with Crippen LogP contribution in [-0.4, -0.2) is 31.9 Å². The Morgan fingerprint density at radius 2 is 1.83 bits per heavy atom. The van der Waals surface area contributed by atoms with Gasteiger partial charge in [0.25, 0.3) is 0 Å². The van der Waals surface area contributed by atoms with Crippen LogP contribution in [0.25, 0.3) is 10.9 Å². The second-order valence-electron chi connectivity index (χ2n) is 5.77.